The van der Waals surface area contributed by atoms with Crippen molar-refractivity contribution in [3.8, 4) is 5.88 Å². The van der Waals surface area contributed by atoms with Crippen LogP contribution in [0.15, 0.2) is 41.5 Å². The zero-order valence-corrected chi connectivity index (χ0v) is 20.0. The number of rotatable bonds is 6. The van der Waals surface area contributed by atoms with E-state index in [9.17, 15) is 4.79 Å². The fourth-order valence-electron chi connectivity index (χ4n) is 4.93. The van der Waals surface area contributed by atoms with Crippen molar-refractivity contribution in [2.75, 3.05) is 33.0 Å². The molecule has 1 unspecified atom stereocenters. The van der Waals surface area contributed by atoms with Crippen molar-refractivity contribution in [3.63, 3.8) is 0 Å². The molecular formula is C25H26ClN5O4. The SMILES string of the molecule is O=c1n(Cc2nc(OCC3CCOC3)c3ccc(Cl)cc3n2)c2cnccc2n1C1CCOCC1. The summed E-state index contributed by atoms with van der Waals surface area (Å²) in [5.74, 6) is 1.31. The van der Waals surface area contributed by atoms with E-state index >= 15 is 0 Å². The van der Waals surface area contributed by atoms with Gasteiger partial charge in [-0.05, 0) is 43.5 Å². The molecular weight excluding hydrogens is 470 g/mol. The number of ether oxygens (including phenoxy) is 3. The molecule has 0 bridgehead atoms. The topological polar surface area (TPSA) is 93.3 Å². The number of halogens is 1. The fraction of sp³-hybridized carbons (Fsp3) is 0.440. The van der Waals surface area contributed by atoms with Crippen LogP contribution in [0.5, 0.6) is 5.88 Å². The molecule has 182 valence electrons. The summed E-state index contributed by atoms with van der Waals surface area (Å²) in [5, 5.41) is 1.37. The first kappa shape index (κ1) is 22.5. The molecule has 0 radical (unpaired) electrons. The second-order valence-electron chi connectivity index (χ2n) is 9.09. The standard InChI is InChI=1S/C25H26ClN5O4/c26-17-1-2-19-20(11-17)28-23(29-24(19)35-15-16-4-8-34-14-16)13-30-22-12-27-7-3-21(22)31(25(30)32)18-5-9-33-10-6-18/h1-3,7,11-12,16,18H,4-6,8-10,13-15H2. The number of imidazole rings is 1. The average Bonchev–Trinajstić information content (AvgIpc) is 3.49. The van der Waals surface area contributed by atoms with E-state index < -0.39 is 0 Å². The molecule has 1 atom stereocenters. The Morgan fingerprint density at radius 2 is 1.91 bits per heavy atom. The van der Waals surface area contributed by atoms with Crippen molar-refractivity contribution >= 4 is 33.5 Å². The lowest BCUT2D eigenvalue weighted by atomic mass is 10.1. The molecule has 2 saturated heterocycles. The smallest absolute Gasteiger partial charge is 0.329 e. The summed E-state index contributed by atoms with van der Waals surface area (Å²) in [7, 11) is 0. The highest BCUT2D eigenvalue weighted by Crippen LogP contribution is 2.28. The van der Waals surface area contributed by atoms with Gasteiger partial charge in [-0.25, -0.2) is 9.78 Å². The average molecular weight is 496 g/mol. The van der Waals surface area contributed by atoms with E-state index in [1.807, 2.05) is 16.7 Å². The summed E-state index contributed by atoms with van der Waals surface area (Å²) in [5.41, 5.74) is 2.20. The molecule has 0 N–H and O–H groups in total. The lowest BCUT2D eigenvalue weighted by Gasteiger charge is -2.23. The Balaban J connectivity index is 1.40. The Morgan fingerprint density at radius 3 is 2.74 bits per heavy atom. The van der Waals surface area contributed by atoms with Gasteiger partial charge >= 0.3 is 5.69 Å². The lowest BCUT2D eigenvalue weighted by Crippen LogP contribution is -2.31. The minimum Gasteiger partial charge on any atom is -0.477 e. The third-order valence-corrected chi connectivity index (χ3v) is 7.01. The largest absolute Gasteiger partial charge is 0.477 e. The third-order valence-electron chi connectivity index (χ3n) is 6.77. The Morgan fingerprint density at radius 1 is 1.06 bits per heavy atom. The van der Waals surface area contributed by atoms with Gasteiger partial charge in [0.15, 0.2) is 5.82 Å². The van der Waals surface area contributed by atoms with Crippen LogP contribution in [0.3, 0.4) is 0 Å². The Bertz CT molecular complexity index is 1420. The zero-order valence-electron chi connectivity index (χ0n) is 19.2. The quantitative estimate of drug-likeness (QED) is 0.403. The molecule has 6 rings (SSSR count). The number of benzene rings is 1. The van der Waals surface area contributed by atoms with Crippen molar-refractivity contribution in [2.24, 2.45) is 5.92 Å². The van der Waals surface area contributed by atoms with Crippen LogP contribution in [0.1, 0.15) is 31.1 Å². The normalized spacial score (nSPS) is 19.1. The predicted molar refractivity (Wildman–Crippen MR) is 131 cm³/mol. The molecule has 2 aliphatic rings. The Hall–Kier alpha value is -3.01. The molecule has 5 heterocycles. The summed E-state index contributed by atoms with van der Waals surface area (Å²) < 4.78 is 20.7. The first-order valence-electron chi connectivity index (χ1n) is 12.0. The maximum atomic E-state index is 13.6. The predicted octanol–water partition coefficient (Wildman–Crippen LogP) is 3.61. The summed E-state index contributed by atoms with van der Waals surface area (Å²) in [6.45, 7) is 3.46. The van der Waals surface area contributed by atoms with Gasteiger partial charge < -0.3 is 14.2 Å². The first-order chi connectivity index (χ1) is 17.2. The highest BCUT2D eigenvalue weighted by molar-refractivity contribution is 6.31. The molecule has 0 saturated carbocycles. The minimum absolute atomic E-state index is 0.0891. The summed E-state index contributed by atoms with van der Waals surface area (Å²) in [6.07, 6.45) is 6.01. The summed E-state index contributed by atoms with van der Waals surface area (Å²) >= 11 is 6.26. The summed E-state index contributed by atoms with van der Waals surface area (Å²) in [6, 6.07) is 7.45. The molecule has 0 spiro atoms. The second-order valence-corrected chi connectivity index (χ2v) is 9.53. The van der Waals surface area contributed by atoms with Crippen molar-refractivity contribution in [1.82, 2.24) is 24.1 Å². The molecule has 9 nitrogen and oxygen atoms in total. The zero-order chi connectivity index (χ0) is 23.8. The maximum Gasteiger partial charge on any atom is 0.329 e. The van der Waals surface area contributed by atoms with Gasteiger partial charge in [-0.3, -0.25) is 14.1 Å². The number of nitrogens with zero attached hydrogens (tertiary/aromatic N) is 5. The van der Waals surface area contributed by atoms with Crippen molar-refractivity contribution in [3.05, 3.63) is 58.0 Å². The third kappa shape index (κ3) is 4.39. The molecule has 35 heavy (non-hydrogen) atoms. The van der Waals surface area contributed by atoms with Gasteiger partial charge in [0.05, 0.1) is 47.9 Å². The highest BCUT2D eigenvalue weighted by Gasteiger charge is 2.24. The second kappa shape index (κ2) is 9.56. The van der Waals surface area contributed by atoms with Gasteiger partial charge in [-0.2, -0.15) is 4.98 Å². The van der Waals surface area contributed by atoms with E-state index in [1.165, 1.54) is 0 Å². The van der Waals surface area contributed by atoms with Gasteiger partial charge in [0.1, 0.15) is 0 Å². The highest BCUT2D eigenvalue weighted by atomic mass is 35.5. The summed E-state index contributed by atoms with van der Waals surface area (Å²) in [4.78, 5) is 27.4. The minimum atomic E-state index is -0.0970. The molecule has 0 aliphatic carbocycles. The number of aromatic nitrogens is 5. The van der Waals surface area contributed by atoms with E-state index in [2.05, 4.69) is 4.98 Å². The van der Waals surface area contributed by atoms with Crippen LogP contribution in [-0.2, 0) is 16.0 Å². The van der Waals surface area contributed by atoms with Crippen LogP contribution in [0.2, 0.25) is 5.02 Å². The van der Waals surface area contributed by atoms with Crippen molar-refractivity contribution in [2.45, 2.75) is 31.8 Å². The van der Waals surface area contributed by atoms with Crippen LogP contribution in [0, 0.1) is 5.92 Å². The van der Waals surface area contributed by atoms with Crippen molar-refractivity contribution in [1.29, 1.82) is 0 Å². The van der Waals surface area contributed by atoms with Crippen LogP contribution >= 0.6 is 11.6 Å². The lowest BCUT2D eigenvalue weighted by molar-refractivity contribution is 0.0696. The molecule has 0 amide bonds. The number of hydrogen-bond acceptors (Lipinski definition) is 7. The van der Waals surface area contributed by atoms with Crippen LogP contribution < -0.4 is 10.4 Å². The van der Waals surface area contributed by atoms with Crippen molar-refractivity contribution < 1.29 is 14.2 Å². The van der Waals surface area contributed by atoms with Crippen LogP contribution in [0.25, 0.3) is 21.9 Å². The van der Waals surface area contributed by atoms with Gasteiger partial charge in [-0.15, -0.1) is 0 Å². The van der Waals surface area contributed by atoms with E-state index in [1.54, 1.807) is 29.1 Å². The molecule has 4 aromatic rings. The van der Waals surface area contributed by atoms with E-state index in [0.717, 1.165) is 42.3 Å². The Labute approximate surface area is 206 Å². The molecule has 2 fully saturated rings. The molecule has 10 heteroatoms. The van der Waals surface area contributed by atoms with Gasteiger partial charge in [0.2, 0.25) is 5.88 Å². The van der Waals surface area contributed by atoms with Crippen LogP contribution in [0.4, 0.5) is 0 Å². The van der Waals surface area contributed by atoms with Gasteiger partial charge in [0.25, 0.3) is 0 Å². The van der Waals surface area contributed by atoms with E-state index in [4.69, 9.17) is 35.8 Å². The molecule has 3 aromatic heterocycles. The van der Waals surface area contributed by atoms with E-state index in [0.29, 0.717) is 54.6 Å². The number of pyridine rings is 1. The fourth-order valence-corrected chi connectivity index (χ4v) is 5.10. The van der Waals surface area contributed by atoms with Gasteiger partial charge in [-0.1, -0.05) is 11.6 Å². The number of fused-ring (bicyclic) bond motifs is 2. The monoisotopic (exact) mass is 495 g/mol. The number of hydrogen-bond donors (Lipinski definition) is 0. The Kier molecular flexibility index (Phi) is 6.13. The first-order valence-corrected chi connectivity index (χ1v) is 12.3. The van der Waals surface area contributed by atoms with Crippen LogP contribution in [-0.4, -0.2) is 57.1 Å². The molecule has 1 aromatic carbocycles. The van der Waals surface area contributed by atoms with Gasteiger partial charge in [0, 0.05) is 43.0 Å². The van der Waals surface area contributed by atoms with E-state index in [-0.39, 0.29) is 18.3 Å². The maximum absolute atomic E-state index is 13.6. The molecule has 2 aliphatic heterocycles.